The van der Waals surface area contributed by atoms with Crippen LogP contribution in [0, 0.1) is 0 Å². The van der Waals surface area contributed by atoms with Gasteiger partial charge in [-0.15, -0.1) is 6.58 Å². The molecule has 1 aliphatic heterocycles. The molecular formula is C24H31N3O6. The number of ether oxygens (including phenoxy) is 3. The minimum absolute atomic E-state index is 0.0459. The molecule has 0 radical (unpaired) electrons. The molecule has 0 aliphatic carbocycles. The van der Waals surface area contributed by atoms with Crippen LogP contribution in [0.5, 0.6) is 11.6 Å². The number of likely N-dealkylation sites (tertiary alicyclic amines) is 1. The number of carbonyl (C=O) groups excluding carboxylic acids is 1. The highest BCUT2D eigenvalue weighted by atomic mass is 16.6. The summed E-state index contributed by atoms with van der Waals surface area (Å²) in [6.07, 6.45) is 1.77. The van der Waals surface area contributed by atoms with Crippen molar-refractivity contribution in [3.05, 3.63) is 36.5 Å². The summed E-state index contributed by atoms with van der Waals surface area (Å²) in [4.78, 5) is 35.5. The molecule has 2 aromatic rings. The maximum atomic E-state index is 12.8. The van der Waals surface area contributed by atoms with Crippen LogP contribution >= 0.6 is 0 Å². The average molecular weight is 458 g/mol. The Kier molecular flexibility index (Phi) is 6.81. The zero-order valence-electron chi connectivity index (χ0n) is 19.8. The fourth-order valence-electron chi connectivity index (χ4n) is 3.79. The number of amides is 1. The summed E-state index contributed by atoms with van der Waals surface area (Å²) in [5, 5.41) is 9.89. The van der Waals surface area contributed by atoms with E-state index in [2.05, 4.69) is 11.6 Å². The van der Waals surface area contributed by atoms with E-state index in [0.29, 0.717) is 35.3 Å². The number of methoxy groups -OCH3 is 1. The van der Waals surface area contributed by atoms with Crippen LogP contribution in [0.2, 0.25) is 0 Å². The first-order valence-electron chi connectivity index (χ1n) is 10.8. The highest BCUT2D eigenvalue weighted by Crippen LogP contribution is 2.35. The normalized spacial score (nSPS) is 20.5. The zero-order valence-corrected chi connectivity index (χ0v) is 19.8. The van der Waals surface area contributed by atoms with Crippen LogP contribution in [0.4, 0.5) is 4.79 Å². The first-order valence-corrected chi connectivity index (χ1v) is 10.8. The van der Waals surface area contributed by atoms with Gasteiger partial charge in [0, 0.05) is 6.42 Å². The lowest BCUT2D eigenvalue weighted by atomic mass is 9.98. The second-order valence-electron chi connectivity index (χ2n) is 9.24. The van der Waals surface area contributed by atoms with E-state index in [-0.39, 0.29) is 18.8 Å². The molecule has 1 aromatic carbocycles. The number of carbonyl (C=O) groups is 2. The summed E-state index contributed by atoms with van der Waals surface area (Å²) in [5.41, 5.74) is -0.397. The summed E-state index contributed by atoms with van der Waals surface area (Å²) in [6.45, 7) is 10.5. The standard InChI is InChI=1S/C24H31N3O6/c1-7-8-10-17-20(26-19-16(25-17)11-9-12-18(19)31-6)32-15-13-24(5,21(28)29)27(14-15)22(30)33-23(2,3)4/h7,9,11-12,15H,1,8,10,13-14H2,2-6H3,(H,28,29)/t15-,24+/m1/s1. The van der Waals surface area contributed by atoms with Crippen molar-refractivity contribution in [1.29, 1.82) is 0 Å². The van der Waals surface area contributed by atoms with Crippen LogP contribution in [0.15, 0.2) is 30.9 Å². The van der Waals surface area contributed by atoms with E-state index in [1.165, 1.54) is 11.8 Å². The molecule has 1 aromatic heterocycles. The second-order valence-corrected chi connectivity index (χ2v) is 9.24. The molecule has 2 atom stereocenters. The van der Waals surface area contributed by atoms with Crippen molar-refractivity contribution in [2.45, 2.75) is 64.2 Å². The summed E-state index contributed by atoms with van der Waals surface area (Å²) in [6, 6.07) is 5.46. The SMILES string of the molecule is C=CCCc1nc2cccc(OC)c2nc1O[C@H]1CN(C(=O)OC(C)(C)C)[C@](C)(C(=O)O)C1. The predicted molar refractivity (Wildman–Crippen MR) is 123 cm³/mol. The molecule has 1 amide bonds. The van der Waals surface area contributed by atoms with Crippen LogP contribution in [-0.4, -0.2) is 62.9 Å². The Morgan fingerprint density at radius 3 is 2.67 bits per heavy atom. The second kappa shape index (κ2) is 9.25. The first kappa shape index (κ1) is 24.3. The number of fused-ring (bicyclic) bond motifs is 1. The number of carboxylic acid groups (broad SMARTS) is 1. The van der Waals surface area contributed by atoms with Crippen molar-refractivity contribution < 1.29 is 28.9 Å². The van der Waals surface area contributed by atoms with Gasteiger partial charge < -0.3 is 19.3 Å². The van der Waals surface area contributed by atoms with Crippen molar-refractivity contribution in [2.75, 3.05) is 13.7 Å². The van der Waals surface area contributed by atoms with E-state index in [1.54, 1.807) is 40.0 Å². The molecule has 0 spiro atoms. The van der Waals surface area contributed by atoms with Gasteiger partial charge in [0.15, 0.2) is 0 Å². The molecular weight excluding hydrogens is 426 g/mol. The van der Waals surface area contributed by atoms with E-state index in [4.69, 9.17) is 19.2 Å². The highest BCUT2D eigenvalue weighted by Gasteiger charge is 2.52. The third kappa shape index (κ3) is 5.18. The molecule has 0 unspecified atom stereocenters. The number of aryl methyl sites for hydroxylation is 1. The van der Waals surface area contributed by atoms with Gasteiger partial charge in [0.05, 0.1) is 19.2 Å². The lowest BCUT2D eigenvalue weighted by molar-refractivity contribution is -0.148. The molecule has 2 heterocycles. The van der Waals surface area contributed by atoms with Crippen molar-refractivity contribution in [1.82, 2.24) is 14.9 Å². The molecule has 1 N–H and O–H groups in total. The van der Waals surface area contributed by atoms with Gasteiger partial charge >= 0.3 is 12.1 Å². The highest BCUT2D eigenvalue weighted by molar-refractivity contribution is 5.85. The third-order valence-electron chi connectivity index (χ3n) is 5.46. The number of hydrogen-bond acceptors (Lipinski definition) is 7. The van der Waals surface area contributed by atoms with E-state index in [1.807, 2.05) is 12.1 Å². The fraction of sp³-hybridized carbons (Fsp3) is 0.500. The van der Waals surface area contributed by atoms with Gasteiger partial charge in [0.2, 0.25) is 5.88 Å². The summed E-state index contributed by atoms with van der Waals surface area (Å²) >= 11 is 0. The average Bonchev–Trinajstić information content (AvgIpc) is 3.08. The third-order valence-corrected chi connectivity index (χ3v) is 5.46. The van der Waals surface area contributed by atoms with Gasteiger partial charge in [0.25, 0.3) is 0 Å². The summed E-state index contributed by atoms with van der Waals surface area (Å²) in [5.74, 6) is -0.285. The monoisotopic (exact) mass is 457 g/mol. The molecule has 178 valence electrons. The lowest BCUT2D eigenvalue weighted by Crippen LogP contribution is -2.52. The molecule has 33 heavy (non-hydrogen) atoms. The van der Waals surface area contributed by atoms with E-state index in [0.717, 1.165) is 0 Å². The van der Waals surface area contributed by atoms with E-state index < -0.39 is 29.3 Å². The smallest absolute Gasteiger partial charge is 0.411 e. The van der Waals surface area contributed by atoms with Crippen LogP contribution < -0.4 is 9.47 Å². The number of para-hydroxylation sites is 1. The fourth-order valence-corrected chi connectivity index (χ4v) is 3.79. The van der Waals surface area contributed by atoms with E-state index in [9.17, 15) is 14.7 Å². The van der Waals surface area contributed by atoms with Gasteiger partial charge in [-0.2, -0.15) is 0 Å². The Hall–Kier alpha value is -3.36. The predicted octanol–water partition coefficient (Wildman–Crippen LogP) is 3.99. The number of benzene rings is 1. The zero-order chi connectivity index (χ0) is 24.4. The molecule has 1 fully saturated rings. The van der Waals surface area contributed by atoms with Crippen molar-refractivity contribution in [3.63, 3.8) is 0 Å². The Balaban J connectivity index is 1.95. The largest absolute Gasteiger partial charge is 0.494 e. The molecule has 3 rings (SSSR count). The molecule has 9 nitrogen and oxygen atoms in total. The van der Waals surface area contributed by atoms with Crippen LogP contribution in [0.3, 0.4) is 0 Å². The molecule has 1 aliphatic rings. The number of rotatable bonds is 7. The number of nitrogens with zero attached hydrogens (tertiary/aromatic N) is 3. The molecule has 0 bridgehead atoms. The minimum Gasteiger partial charge on any atom is -0.494 e. The molecule has 0 saturated carbocycles. The van der Waals surface area contributed by atoms with Gasteiger partial charge in [0.1, 0.15) is 34.2 Å². The Morgan fingerprint density at radius 2 is 2.06 bits per heavy atom. The molecule has 9 heteroatoms. The minimum atomic E-state index is -1.48. The van der Waals surface area contributed by atoms with E-state index >= 15 is 0 Å². The maximum Gasteiger partial charge on any atom is 0.411 e. The number of aromatic nitrogens is 2. The van der Waals surface area contributed by atoms with Crippen molar-refractivity contribution >= 4 is 23.1 Å². The number of allylic oxidation sites excluding steroid dienone is 1. The van der Waals surface area contributed by atoms with Gasteiger partial charge in [-0.25, -0.2) is 19.6 Å². The Labute approximate surface area is 193 Å². The lowest BCUT2D eigenvalue weighted by Gasteiger charge is -2.32. The van der Waals surface area contributed by atoms with Gasteiger partial charge in [-0.3, -0.25) is 4.90 Å². The van der Waals surface area contributed by atoms with Crippen LogP contribution in [-0.2, 0) is 16.0 Å². The Morgan fingerprint density at radius 1 is 1.33 bits per heavy atom. The number of hydrogen-bond donors (Lipinski definition) is 1. The van der Waals surface area contributed by atoms with Crippen molar-refractivity contribution in [2.24, 2.45) is 0 Å². The number of aliphatic carboxylic acids is 1. The van der Waals surface area contributed by atoms with Gasteiger partial charge in [-0.1, -0.05) is 12.1 Å². The summed E-state index contributed by atoms with van der Waals surface area (Å²) in [7, 11) is 1.55. The quantitative estimate of drug-likeness (QED) is 0.622. The summed E-state index contributed by atoms with van der Waals surface area (Å²) < 4.78 is 17.0. The topological polar surface area (TPSA) is 111 Å². The Bertz CT molecular complexity index is 1060. The first-order chi connectivity index (χ1) is 15.5. The molecule has 1 saturated heterocycles. The number of carboxylic acids is 1. The maximum absolute atomic E-state index is 12.8. The van der Waals surface area contributed by atoms with Crippen LogP contribution in [0.1, 0.15) is 46.2 Å². The van der Waals surface area contributed by atoms with Gasteiger partial charge in [-0.05, 0) is 52.7 Å². The van der Waals surface area contributed by atoms with Crippen LogP contribution in [0.25, 0.3) is 11.0 Å². The van der Waals surface area contributed by atoms with Crippen molar-refractivity contribution in [3.8, 4) is 11.6 Å².